The number of carbonyl (C=O) groups excluding carboxylic acids is 2. The van der Waals surface area contributed by atoms with Crippen LogP contribution in [0.5, 0.6) is 0 Å². The largest absolute Gasteiger partial charge is 0.483 e. The maximum atomic E-state index is 11.7. The van der Waals surface area contributed by atoms with Crippen LogP contribution >= 0.6 is 0 Å². The second kappa shape index (κ2) is 5.82. The van der Waals surface area contributed by atoms with E-state index in [1.54, 1.807) is 6.92 Å². The molecule has 0 saturated carbocycles. The normalized spacial score (nSPS) is 21.4. The Balaban J connectivity index is 2.66. The first kappa shape index (κ1) is 13.7. The van der Waals surface area contributed by atoms with Gasteiger partial charge in [0.05, 0.1) is 0 Å². The number of carbonyl (C=O) groups is 2. The van der Waals surface area contributed by atoms with E-state index in [4.69, 9.17) is 15.2 Å². The number of allylic oxidation sites excluding steroid dienone is 1. The van der Waals surface area contributed by atoms with Gasteiger partial charge in [-0.15, -0.1) is 0 Å². The quantitative estimate of drug-likeness (QED) is 0.730. The minimum Gasteiger partial charge on any atom is -0.483 e. The standard InChI is InChI=1S/C12H19NO4/c1-4-9-12(11(15)8(3)16-9)17-10(14)5-7(2)6-13/h7-8H,4-6,13H2,1-3H3. The summed E-state index contributed by atoms with van der Waals surface area (Å²) in [4.78, 5) is 23.2. The third kappa shape index (κ3) is 3.30. The van der Waals surface area contributed by atoms with Gasteiger partial charge in [-0.2, -0.15) is 0 Å². The molecule has 0 aliphatic carbocycles. The number of ketones is 1. The summed E-state index contributed by atoms with van der Waals surface area (Å²) >= 11 is 0. The summed E-state index contributed by atoms with van der Waals surface area (Å²) in [6.07, 6.45) is 0.184. The molecule has 0 spiro atoms. The Bertz CT molecular complexity index is 348. The summed E-state index contributed by atoms with van der Waals surface area (Å²) in [6.45, 7) is 5.75. The molecule has 0 bridgehead atoms. The molecular formula is C12H19NO4. The van der Waals surface area contributed by atoms with Crippen molar-refractivity contribution in [3.8, 4) is 0 Å². The molecule has 5 heteroatoms. The predicted molar refractivity (Wildman–Crippen MR) is 61.8 cm³/mol. The molecule has 0 radical (unpaired) electrons. The lowest BCUT2D eigenvalue weighted by molar-refractivity contribution is -0.143. The Labute approximate surface area is 101 Å². The van der Waals surface area contributed by atoms with Crippen molar-refractivity contribution >= 4 is 11.8 Å². The molecule has 0 aromatic heterocycles. The van der Waals surface area contributed by atoms with Crippen molar-refractivity contribution in [3.05, 3.63) is 11.5 Å². The minimum absolute atomic E-state index is 0.0445. The van der Waals surface area contributed by atoms with Gasteiger partial charge in [0.15, 0.2) is 6.10 Å². The van der Waals surface area contributed by atoms with Crippen LogP contribution < -0.4 is 5.73 Å². The lowest BCUT2D eigenvalue weighted by Gasteiger charge is -2.08. The van der Waals surface area contributed by atoms with Gasteiger partial charge in [-0.1, -0.05) is 13.8 Å². The molecule has 5 nitrogen and oxygen atoms in total. The Morgan fingerprint density at radius 2 is 2.24 bits per heavy atom. The van der Waals surface area contributed by atoms with Crippen LogP contribution in [0.4, 0.5) is 0 Å². The van der Waals surface area contributed by atoms with Gasteiger partial charge in [0.2, 0.25) is 11.5 Å². The van der Waals surface area contributed by atoms with Crippen LogP contribution in [0.15, 0.2) is 11.5 Å². The topological polar surface area (TPSA) is 78.6 Å². The molecule has 17 heavy (non-hydrogen) atoms. The van der Waals surface area contributed by atoms with E-state index in [0.717, 1.165) is 0 Å². The first-order chi connectivity index (χ1) is 7.99. The first-order valence-corrected chi connectivity index (χ1v) is 5.84. The Morgan fingerprint density at radius 1 is 1.59 bits per heavy atom. The van der Waals surface area contributed by atoms with Gasteiger partial charge in [-0.3, -0.25) is 9.59 Å². The average Bonchev–Trinajstić information content (AvgIpc) is 2.56. The maximum Gasteiger partial charge on any atom is 0.311 e. The van der Waals surface area contributed by atoms with Crippen molar-refractivity contribution in [1.82, 2.24) is 0 Å². The number of hydrogen-bond acceptors (Lipinski definition) is 5. The third-order valence-electron chi connectivity index (χ3n) is 2.62. The van der Waals surface area contributed by atoms with E-state index < -0.39 is 12.1 Å². The molecule has 0 aromatic rings. The van der Waals surface area contributed by atoms with E-state index in [0.29, 0.717) is 18.7 Å². The van der Waals surface area contributed by atoms with Crippen molar-refractivity contribution < 1.29 is 19.1 Å². The lowest BCUT2D eigenvalue weighted by atomic mass is 10.1. The van der Waals surface area contributed by atoms with Gasteiger partial charge < -0.3 is 15.2 Å². The fraction of sp³-hybridized carbons (Fsp3) is 0.667. The molecule has 2 atom stereocenters. The Hall–Kier alpha value is -1.36. The van der Waals surface area contributed by atoms with Crippen molar-refractivity contribution in [2.45, 2.75) is 39.7 Å². The summed E-state index contributed by atoms with van der Waals surface area (Å²) in [5.74, 6) is -0.140. The summed E-state index contributed by atoms with van der Waals surface area (Å²) < 4.78 is 10.4. The van der Waals surface area contributed by atoms with Crippen molar-refractivity contribution in [1.29, 1.82) is 0 Å². The van der Waals surface area contributed by atoms with Crippen LogP contribution in [-0.4, -0.2) is 24.4 Å². The van der Waals surface area contributed by atoms with E-state index >= 15 is 0 Å². The monoisotopic (exact) mass is 241 g/mol. The van der Waals surface area contributed by atoms with E-state index in [1.807, 2.05) is 13.8 Å². The predicted octanol–water partition coefficient (Wildman–Crippen LogP) is 1.12. The molecule has 0 aromatic carbocycles. The number of nitrogens with two attached hydrogens (primary N) is 1. The summed E-state index contributed by atoms with van der Waals surface area (Å²) in [6, 6.07) is 0. The molecule has 2 N–H and O–H groups in total. The molecular weight excluding hydrogens is 222 g/mol. The van der Waals surface area contributed by atoms with Gasteiger partial charge in [-0.25, -0.2) is 0 Å². The average molecular weight is 241 g/mol. The van der Waals surface area contributed by atoms with E-state index in [-0.39, 0.29) is 23.9 Å². The minimum atomic E-state index is -0.556. The molecule has 1 aliphatic heterocycles. The van der Waals surface area contributed by atoms with E-state index in [2.05, 4.69) is 0 Å². The number of ether oxygens (including phenoxy) is 2. The van der Waals surface area contributed by atoms with Crippen molar-refractivity contribution in [2.75, 3.05) is 6.54 Å². The van der Waals surface area contributed by atoms with Gasteiger partial charge in [-0.05, 0) is 19.4 Å². The lowest BCUT2D eigenvalue weighted by Crippen LogP contribution is -2.20. The van der Waals surface area contributed by atoms with E-state index in [9.17, 15) is 9.59 Å². The molecule has 1 rings (SSSR count). The second-order valence-electron chi connectivity index (χ2n) is 4.25. The first-order valence-electron chi connectivity index (χ1n) is 5.84. The number of hydrogen-bond donors (Lipinski definition) is 1. The van der Waals surface area contributed by atoms with Crippen LogP contribution in [0.1, 0.15) is 33.6 Å². The SMILES string of the molecule is CCC1=C(OC(=O)CC(C)CN)C(=O)C(C)O1. The zero-order valence-corrected chi connectivity index (χ0v) is 10.5. The fourth-order valence-corrected chi connectivity index (χ4v) is 1.52. The third-order valence-corrected chi connectivity index (χ3v) is 2.62. The van der Waals surface area contributed by atoms with Gasteiger partial charge in [0, 0.05) is 12.8 Å². The van der Waals surface area contributed by atoms with Crippen LogP contribution in [0.2, 0.25) is 0 Å². The summed E-state index contributed by atoms with van der Waals surface area (Å²) in [5, 5.41) is 0. The molecule has 1 heterocycles. The highest BCUT2D eigenvalue weighted by atomic mass is 16.6. The van der Waals surface area contributed by atoms with Crippen LogP contribution in [0.25, 0.3) is 0 Å². The highest BCUT2D eigenvalue weighted by Gasteiger charge is 2.34. The van der Waals surface area contributed by atoms with Gasteiger partial charge >= 0.3 is 5.97 Å². The summed E-state index contributed by atoms with van der Waals surface area (Å²) in [7, 11) is 0. The zero-order valence-electron chi connectivity index (χ0n) is 10.5. The molecule has 96 valence electrons. The molecule has 0 saturated heterocycles. The highest BCUT2D eigenvalue weighted by molar-refractivity contribution is 6.00. The highest BCUT2D eigenvalue weighted by Crippen LogP contribution is 2.25. The summed E-state index contributed by atoms with van der Waals surface area (Å²) in [5.41, 5.74) is 5.42. The zero-order chi connectivity index (χ0) is 13.0. The Morgan fingerprint density at radius 3 is 2.76 bits per heavy atom. The van der Waals surface area contributed by atoms with E-state index in [1.165, 1.54) is 0 Å². The number of Topliss-reactive ketones (excluding diaryl/α,β-unsaturated/α-hetero) is 1. The van der Waals surface area contributed by atoms with Crippen molar-refractivity contribution in [2.24, 2.45) is 11.7 Å². The van der Waals surface area contributed by atoms with Crippen LogP contribution in [0, 0.1) is 5.92 Å². The number of rotatable bonds is 5. The van der Waals surface area contributed by atoms with Crippen LogP contribution in [0.3, 0.4) is 0 Å². The molecule has 0 fully saturated rings. The van der Waals surface area contributed by atoms with Crippen LogP contribution in [-0.2, 0) is 19.1 Å². The molecule has 0 amide bonds. The fourth-order valence-electron chi connectivity index (χ4n) is 1.52. The Kier molecular flexibility index (Phi) is 4.69. The molecule has 2 unspecified atom stereocenters. The van der Waals surface area contributed by atoms with Gasteiger partial charge in [0.1, 0.15) is 5.76 Å². The smallest absolute Gasteiger partial charge is 0.311 e. The second-order valence-corrected chi connectivity index (χ2v) is 4.25. The number of esters is 1. The van der Waals surface area contributed by atoms with Gasteiger partial charge in [0.25, 0.3) is 0 Å². The molecule has 1 aliphatic rings. The van der Waals surface area contributed by atoms with Crippen molar-refractivity contribution in [3.63, 3.8) is 0 Å². The maximum absolute atomic E-state index is 11.7.